The molecular formula is C15H19NO. The second kappa shape index (κ2) is 5.76. The normalized spacial score (nSPS) is 19.9. The average molecular weight is 229 g/mol. The molecule has 0 radical (unpaired) electrons. The summed E-state index contributed by atoms with van der Waals surface area (Å²) in [7, 11) is 0. The van der Waals surface area contributed by atoms with Crippen molar-refractivity contribution in [2.45, 2.75) is 45.4 Å². The van der Waals surface area contributed by atoms with Gasteiger partial charge in [-0.2, -0.15) is 0 Å². The quantitative estimate of drug-likeness (QED) is 0.721. The minimum atomic E-state index is 0.170. The summed E-state index contributed by atoms with van der Waals surface area (Å²) in [5.74, 6) is 0.170. The fraction of sp³-hybridized carbons (Fsp3) is 0.467. The van der Waals surface area contributed by atoms with Crippen molar-refractivity contribution in [1.82, 2.24) is 4.98 Å². The third kappa shape index (κ3) is 3.26. The number of ketones is 1. The van der Waals surface area contributed by atoms with Gasteiger partial charge < -0.3 is 0 Å². The third-order valence-electron chi connectivity index (χ3n) is 3.22. The van der Waals surface area contributed by atoms with E-state index < -0.39 is 0 Å². The summed E-state index contributed by atoms with van der Waals surface area (Å²) >= 11 is 0. The van der Waals surface area contributed by atoms with Crippen LogP contribution >= 0.6 is 0 Å². The highest BCUT2D eigenvalue weighted by atomic mass is 16.1. The van der Waals surface area contributed by atoms with Gasteiger partial charge in [0.15, 0.2) is 5.78 Å². The summed E-state index contributed by atoms with van der Waals surface area (Å²) in [6.45, 7) is 1.97. The van der Waals surface area contributed by atoms with Gasteiger partial charge in [0.25, 0.3) is 0 Å². The van der Waals surface area contributed by atoms with Crippen LogP contribution in [0.4, 0.5) is 0 Å². The topological polar surface area (TPSA) is 30.0 Å². The van der Waals surface area contributed by atoms with Crippen LogP contribution in [0.1, 0.15) is 54.4 Å². The lowest BCUT2D eigenvalue weighted by molar-refractivity contribution is 0.102. The van der Waals surface area contributed by atoms with Gasteiger partial charge in [-0.1, -0.05) is 18.9 Å². The molecule has 17 heavy (non-hydrogen) atoms. The number of nitrogens with zero attached hydrogens (tertiary/aromatic N) is 1. The summed E-state index contributed by atoms with van der Waals surface area (Å²) in [6.07, 6.45) is 12.4. The summed E-state index contributed by atoms with van der Waals surface area (Å²) in [6, 6.07) is 1.93. The number of hydrogen-bond donors (Lipinski definition) is 0. The van der Waals surface area contributed by atoms with Gasteiger partial charge in [-0.05, 0) is 49.8 Å². The number of rotatable bonds is 2. The minimum Gasteiger partial charge on any atom is -0.289 e. The lowest BCUT2D eigenvalue weighted by Gasteiger charge is -2.10. The molecule has 0 N–H and O–H groups in total. The summed E-state index contributed by atoms with van der Waals surface area (Å²) < 4.78 is 0. The smallest absolute Gasteiger partial charge is 0.190 e. The van der Waals surface area contributed by atoms with Crippen LogP contribution in [-0.4, -0.2) is 10.8 Å². The predicted molar refractivity (Wildman–Crippen MR) is 69.1 cm³/mol. The van der Waals surface area contributed by atoms with Crippen LogP contribution in [0.2, 0.25) is 0 Å². The van der Waals surface area contributed by atoms with Gasteiger partial charge in [0.05, 0.1) is 0 Å². The molecule has 0 aliphatic heterocycles. The Kier molecular flexibility index (Phi) is 4.08. The van der Waals surface area contributed by atoms with Crippen molar-refractivity contribution in [2.24, 2.45) is 0 Å². The molecule has 0 atom stereocenters. The number of aryl methyl sites for hydroxylation is 1. The van der Waals surface area contributed by atoms with Gasteiger partial charge in [0.2, 0.25) is 0 Å². The van der Waals surface area contributed by atoms with Gasteiger partial charge in [0.1, 0.15) is 0 Å². The van der Waals surface area contributed by atoms with Crippen LogP contribution in [0.25, 0.3) is 0 Å². The van der Waals surface area contributed by atoms with Crippen LogP contribution < -0.4 is 0 Å². The Morgan fingerprint density at radius 1 is 1.18 bits per heavy atom. The molecule has 2 nitrogen and oxygen atoms in total. The Hall–Kier alpha value is -1.44. The second-order valence-electron chi connectivity index (χ2n) is 4.76. The van der Waals surface area contributed by atoms with Gasteiger partial charge in [-0.15, -0.1) is 0 Å². The Balaban J connectivity index is 2.18. The van der Waals surface area contributed by atoms with E-state index in [1.54, 1.807) is 12.4 Å². The summed E-state index contributed by atoms with van der Waals surface area (Å²) in [5, 5.41) is 0. The van der Waals surface area contributed by atoms with E-state index >= 15 is 0 Å². The molecule has 1 aliphatic carbocycles. The third-order valence-corrected chi connectivity index (χ3v) is 3.22. The van der Waals surface area contributed by atoms with Crippen LogP contribution in [-0.2, 0) is 0 Å². The van der Waals surface area contributed by atoms with Gasteiger partial charge in [0, 0.05) is 18.0 Å². The van der Waals surface area contributed by atoms with E-state index in [9.17, 15) is 4.79 Å². The molecule has 1 aliphatic rings. The monoisotopic (exact) mass is 229 g/mol. The highest BCUT2D eigenvalue weighted by Crippen LogP contribution is 2.20. The number of Topliss-reactive ketones (excluding diaryl/α,β-unsaturated/α-hetero) is 1. The number of carbonyl (C=O) groups excluding carboxylic acids is 1. The Labute approximate surface area is 103 Å². The molecule has 0 amide bonds. The largest absolute Gasteiger partial charge is 0.289 e. The highest BCUT2D eigenvalue weighted by molar-refractivity contribution is 6.08. The first-order valence-corrected chi connectivity index (χ1v) is 6.43. The van der Waals surface area contributed by atoms with Crippen molar-refractivity contribution in [1.29, 1.82) is 0 Å². The van der Waals surface area contributed by atoms with Crippen molar-refractivity contribution in [3.8, 4) is 0 Å². The van der Waals surface area contributed by atoms with Crippen molar-refractivity contribution in [2.75, 3.05) is 0 Å². The number of hydrogen-bond acceptors (Lipinski definition) is 2. The second-order valence-corrected chi connectivity index (χ2v) is 4.76. The Morgan fingerprint density at radius 2 is 2.00 bits per heavy atom. The average Bonchev–Trinajstić information content (AvgIpc) is 2.28. The van der Waals surface area contributed by atoms with E-state index in [0.29, 0.717) is 0 Å². The standard InChI is InChI=1S/C15H19NO/c1-12-9-14(11-16-10-12)15(17)13-7-5-3-2-4-6-8-13/h7,9-11H,2-6,8H2,1H3/b13-7+. The van der Waals surface area contributed by atoms with E-state index in [4.69, 9.17) is 0 Å². The van der Waals surface area contributed by atoms with Crippen LogP contribution in [0, 0.1) is 6.92 Å². The molecule has 1 aromatic rings. The van der Waals surface area contributed by atoms with Crippen molar-refractivity contribution in [3.63, 3.8) is 0 Å². The lowest BCUT2D eigenvalue weighted by atomic mass is 9.94. The molecule has 0 bridgehead atoms. The lowest BCUT2D eigenvalue weighted by Crippen LogP contribution is -2.06. The van der Waals surface area contributed by atoms with E-state index in [1.807, 2.05) is 13.0 Å². The maximum atomic E-state index is 12.3. The molecule has 1 aromatic heterocycles. The molecule has 0 spiro atoms. The first kappa shape index (κ1) is 12.0. The number of carbonyl (C=O) groups is 1. The molecule has 0 aromatic carbocycles. The van der Waals surface area contributed by atoms with E-state index in [1.165, 1.54) is 19.3 Å². The zero-order valence-electron chi connectivity index (χ0n) is 10.4. The fourth-order valence-electron chi connectivity index (χ4n) is 2.26. The molecule has 0 saturated heterocycles. The molecule has 0 saturated carbocycles. The van der Waals surface area contributed by atoms with E-state index in [0.717, 1.165) is 36.0 Å². The van der Waals surface area contributed by atoms with Crippen LogP contribution in [0.15, 0.2) is 30.1 Å². The fourth-order valence-corrected chi connectivity index (χ4v) is 2.26. The summed E-state index contributed by atoms with van der Waals surface area (Å²) in [4.78, 5) is 16.4. The Bertz CT molecular complexity index is 434. The zero-order chi connectivity index (χ0) is 12.1. The molecule has 0 unspecified atom stereocenters. The predicted octanol–water partition coefficient (Wildman–Crippen LogP) is 3.85. The van der Waals surface area contributed by atoms with Crippen molar-refractivity contribution < 1.29 is 4.79 Å². The molecule has 0 fully saturated rings. The number of allylic oxidation sites excluding steroid dienone is 2. The van der Waals surface area contributed by atoms with E-state index in [-0.39, 0.29) is 5.78 Å². The molecule has 2 heteroatoms. The molecule has 2 rings (SSSR count). The summed E-state index contributed by atoms with van der Waals surface area (Å²) in [5.41, 5.74) is 2.76. The molecule has 1 heterocycles. The highest BCUT2D eigenvalue weighted by Gasteiger charge is 2.13. The first-order valence-electron chi connectivity index (χ1n) is 6.43. The van der Waals surface area contributed by atoms with Gasteiger partial charge >= 0.3 is 0 Å². The minimum absolute atomic E-state index is 0.170. The molecular weight excluding hydrogens is 210 g/mol. The van der Waals surface area contributed by atoms with Crippen LogP contribution in [0.3, 0.4) is 0 Å². The zero-order valence-corrected chi connectivity index (χ0v) is 10.4. The van der Waals surface area contributed by atoms with Crippen molar-refractivity contribution in [3.05, 3.63) is 41.2 Å². The van der Waals surface area contributed by atoms with Gasteiger partial charge in [-0.25, -0.2) is 0 Å². The van der Waals surface area contributed by atoms with Crippen LogP contribution in [0.5, 0.6) is 0 Å². The molecule has 90 valence electrons. The van der Waals surface area contributed by atoms with Crippen molar-refractivity contribution >= 4 is 5.78 Å². The number of aromatic nitrogens is 1. The maximum Gasteiger partial charge on any atom is 0.190 e. The SMILES string of the molecule is Cc1cncc(C(=O)/C2=C/CCCCCC2)c1. The maximum absolute atomic E-state index is 12.3. The number of pyridine rings is 1. The first-order chi connectivity index (χ1) is 8.27. The van der Waals surface area contributed by atoms with Gasteiger partial charge in [-0.3, -0.25) is 9.78 Å². The Morgan fingerprint density at radius 3 is 2.82 bits per heavy atom. The van der Waals surface area contributed by atoms with E-state index in [2.05, 4.69) is 11.1 Å².